The first-order valence-electron chi connectivity index (χ1n) is 6.32. The van der Waals surface area contributed by atoms with E-state index in [1.165, 1.54) is 5.56 Å². The number of rotatable bonds is 3. The average Bonchev–Trinajstić information content (AvgIpc) is 2.54. The Bertz CT molecular complexity index is 401. The van der Waals surface area contributed by atoms with Gasteiger partial charge in [-0.15, -0.1) is 0 Å². The molecule has 1 aromatic rings. The lowest BCUT2D eigenvalue weighted by Crippen LogP contribution is -2.42. The van der Waals surface area contributed by atoms with E-state index in [0.29, 0.717) is 0 Å². The summed E-state index contributed by atoms with van der Waals surface area (Å²) in [5, 5.41) is 0. The van der Waals surface area contributed by atoms with Crippen LogP contribution >= 0.6 is 15.9 Å². The summed E-state index contributed by atoms with van der Waals surface area (Å²) in [5.74, 6) is 0.856. The van der Waals surface area contributed by atoms with E-state index in [2.05, 4.69) is 28.1 Å². The molecule has 2 N–H and O–H groups in total. The molecule has 1 aliphatic heterocycles. The van der Waals surface area contributed by atoms with Gasteiger partial charge in [-0.2, -0.15) is 0 Å². The van der Waals surface area contributed by atoms with Gasteiger partial charge in [0.05, 0.1) is 11.6 Å². The molecule has 1 atom stereocenters. The Morgan fingerprint density at radius 2 is 2.22 bits per heavy atom. The van der Waals surface area contributed by atoms with Crippen LogP contribution in [0.4, 0.5) is 0 Å². The first kappa shape index (κ1) is 13.8. The van der Waals surface area contributed by atoms with Crippen molar-refractivity contribution in [3.63, 3.8) is 0 Å². The van der Waals surface area contributed by atoms with Crippen molar-refractivity contribution in [2.75, 3.05) is 20.3 Å². The molecule has 1 aliphatic rings. The van der Waals surface area contributed by atoms with E-state index >= 15 is 0 Å². The summed E-state index contributed by atoms with van der Waals surface area (Å²) in [6, 6.07) is 6.17. The zero-order valence-electron chi connectivity index (χ0n) is 10.7. The van der Waals surface area contributed by atoms with E-state index in [-0.39, 0.29) is 5.54 Å². The van der Waals surface area contributed by atoms with Gasteiger partial charge in [0.25, 0.3) is 0 Å². The summed E-state index contributed by atoms with van der Waals surface area (Å²) >= 11 is 3.51. The molecule has 100 valence electrons. The number of benzene rings is 1. The van der Waals surface area contributed by atoms with Gasteiger partial charge in [-0.05, 0) is 59.3 Å². The molecule has 1 saturated heterocycles. The fourth-order valence-electron chi connectivity index (χ4n) is 2.43. The van der Waals surface area contributed by atoms with Crippen LogP contribution in [-0.2, 0) is 11.2 Å². The molecule has 1 unspecified atom stereocenters. The maximum absolute atomic E-state index is 6.49. The molecule has 2 rings (SSSR count). The smallest absolute Gasteiger partial charge is 0.133 e. The third-order valence-corrected chi connectivity index (χ3v) is 4.10. The number of methoxy groups -OCH3 is 1. The summed E-state index contributed by atoms with van der Waals surface area (Å²) < 4.78 is 11.7. The second kappa shape index (κ2) is 6.04. The van der Waals surface area contributed by atoms with Crippen LogP contribution < -0.4 is 10.5 Å². The molecule has 0 radical (unpaired) electrons. The molecule has 1 aromatic carbocycles. The Morgan fingerprint density at radius 1 is 1.39 bits per heavy atom. The Balaban J connectivity index is 2.10. The monoisotopic (exact) mass is 313 g/mol. The van der Waals surface area contributed by atoms with Crippen LogP contribution in [0.1, 0.15) is 24.8 Å². The number of nitrogens with two attached hydrogens (primary N) is 1. The SMILES string of the molecule is COc1ccc(CC2(N)CCCOCC2)cc1Br. The molecule has 0 bridgehead atoms. The summed E-state index contributed by atoms with van der Waals surface area (Å²) in [7, 11) is 1.67. The minimum atomic E-state index is -0.134. The highest BCUT2D eigenvalue weighted by Crippen LogP contribution is 2.29. The maximum Gasteiger partial charge on any atom is 0.133 e. The van der Waals surface area contributed by atoms with E-state index < -0.39 is 0 Å². The van der Waals surface area contributed by atoms with Gasteiger partial charge >= 0.3 is 0 Å². The van der Waals surface area contributed by atoms with Crippen molar-refractivity contribution in [3.8, 4) is 5.75 Å². The lowest BCUT2D eigenvalue weighted by Gasteiger charge is -2.27. The molecule has 1 fully saturated rings. The Kier molecular flexibility index (Phi) is 4.65. The van der Waals surface area contributed by atoms with Gasteiger partial charge in [0.15, 0.2) is 0 Å². The number of ether oxygens (including phenoxy) is 2. The zero-order valence-corrected chi connectivity index (χ0v) is 12.3. The van der Waals surface area contributed by atoms with Crippen LogP contribution in [0.5, 0.6) is 5.75 Å². The van der Waals surface area contributed by atoms with Crippen molar-refractivity contribution in [3.05, 3.63) is 28.2 Å². The minimum Gasteiger partial charge on any atom is -0.496 e. The predicted molar refractivity (Wildman–Crippen MR) is 76.0 cm³/mol. The molecule has 0 spiro atoms. The highest BCUT2D eigenvalue weighted by atomic mass is 79.9. The van der Waals surface area contributed by atoms with Crippen LogP contribution in [0.15, 0.2) is 22.7 Å². The number of hydrogen-bond donors (Lipinski definition) is 1. The van der Waals surface area contributed by atoms with Crippen molar-refractivity contribution in [2.45, 2.75) is 31.2 Å². The highest BCUT2D eigenvalue weighted by molar-refractivity contribution is 9.10. The molecule has 0 aliphatic carbocycles. The van der Waals surface area contributed by atoms with Gasteiger partial charge in [0.1, 0.15) is 5.75 Å². The third kappa shape index (κ3) is 3.46. The van der Waals surface area contributed by atoms with Gasteiger partial charge in [-0.3, -0.25) is 0 Å². The van der Waals surface area contributed by atoms with Gasteiger partial charge in [0.2, 0.25) is 0 Å². The van der Waals surface area contributed by atoms with Gasteiger partial charge in [-0.1, -0.05) is 6.07 Å². The minimum absolute atomic E-state index is 0.134. The zero-order chi connectivity index (χ0) is 13.0. The largest absolute Gasteiger partial charge is 0.496 e. The molecule has 0 saturated carbocycles. The van der Waals surface area contributed by atoms with Gasteiger partial charge in [0, 0.05) is 18.8 Å². The van der Waals surface area contributed by atoms with Crippen LogP contribution in [0.25, 0.3) is 0 Å². The maximum atomic E-state index is 6.49. The van der Waals surface area contributed by atoms with Crippen molar-refractivity contribution in [1.82, 2.24) is 0 Å². The van der Waals surface area contributed by atoms with Crippen molar-refractivity contribution >= 4 is 15.9 Å². The number of halogens is 1. The van der Waals surface area contributed by atoms with E-state index in [0.717, 1.165) is 49.1 Å². The van der Waals surface area contributed by atoms with Crippen LogP contribution in [-0.4, -0.2) is 25.9 Å². The molecular weight excluding hydrogens is 294 g/mol. The Morgan fingerprint density at radius 3 is 2.94 bits per heavy atom. The molecular formula is C14H20BrNO2. The first-order valence-corrected chi connectivity index (χ1v) is 7.11. The number of hydrogen-bond acceptors (Lipinski definition) is 3. The lowest BCUT2D eigenvalue weighted by molar-refractivity contribution is 0.139. The second-order valence-corrected chi connectivity index (χ2v) is 5.83. The van der Waals surface area contributed by atoms with Crippen molar-refractivity contribution in [1.29, 1.82) is 0 Å². The molecule has 3 nitrogen and oxygen atoms in total. The fraction of sp³-hybridized carbons (Fsp3) is 0.571. The van der Waals surface area contributed by atoms with Crippen molar-refractivity contribution < 1.29 is 9.47 Å². The molecule has 4 heteroatoms. The third-order valence-electron chi connectivity index (χ3n) is 3.48. The second-order valence-electron chi connectivity index (χ2n) is 4.97. The Hall–Kier alpha value is -0.580. The molecule has 1 heterocycles. The van der Waals surface area contributed by atoms with Crippen molar-refractivity contribution in [2.24, 2.45) is 5.73 Å². The van der Waals surface area contributed by atoms with Crippen LogP contribution in [0, 0.1) is 0 Å². The van der Waals surface area contributed by atoms with E-state index in [9.17, 15) is 0 Å². The van der Waals surface area contributed by atoms with Crippen LogP contribution in [0.3, 0.4) is 0 Å². The van der Waals surface area contributed by atoms with E-state index in [4.69, 9.17) is 15.2 Å². The Labute approximate surface area is 117 Å². The molecule has 0 aromatic heterocycles. The first-order chi connectivity index (χ1) is 8.63. The van der Waals surface area contributed by atoms with Gasteiger partial charge in [-0.25, -0.2) is 0 Å². The summed E-state index contributed by atoms with van der Waals surface area (Å²) in [6.45, 7) is 1.61. The topological polar surface area (TPSA) is 44.5 Å². The quantitative estimate of drug-likeness (QED) is 0.933. The summed E-state index contributed by atoms with van der Waals surface area (Å²) in [4.78, 5) is 0. The normalized spacial score (nSPS) is 24.6. The highest BCUT2D eigenvalue weighted by Gasteiger charge is 2.26. The summed E-state index contributed by atoms with van der Waals surface area (Å²) in [6.07, 6.45) is 3.89. The molecule has 0 amide bonds. The standard InChI is InChI=1S/C14H20BrNO2/c1-17-13-4-3-11(9-12(13)15)10-14(16)5-2-7-18-8-6-14/h3-4,9H,2,5-8,10,16H2,1H3. The predicted octanol–water partition coefficient (Wildman–Crippen LogP) is 2.90. The summed E-state index contributed by atoms with van der Waals surface area (Å²) in [5.41, 5.74) is 7.59. The van der Waals surface area contributed by atoms with E-state index in [1.807, 2.05) is 6.07 Å². The average molecular weight is 314 g/mol. The fourth-order valence-corrected chi connectivity index (χ4v) is 3.02. The van der Waals surface area contributed by atoms with E-state index in [1.54, 1.807) is 7.11 Å². The van der Waals surface area contributed by atoms with Crippen LogP contribution in [0.2, 0.25) is 0 Å². The lowest BCUT2D eigenvalue weighted by atomic mass is 9.85. The van der Waals surface area contributed by atoms with Gasteiger partial charge < -0.3 is 15.2 Å². The molecule has 18 heavy (non-hydrogen) atoms.